The lowest BCUT2D eigenvalue weighted by molar-refractivity contribution is 0.0754. The van der Waals surface area contributed by atoms with Gasteiger partial charge in [0, 0.05) is 23.0 Å². The van der Waals surface area contributed by atoms with Crippen LogP contribution in [0.5, 0.6) is 5.75 Å². The van der Waals surface area contributed by atoms with Crippen LogP contribution in [0, 0.1) is 6.92 Å². The number of anilines is 1. The van der Waals surface area contributed by atoms with E-state index >= 15 is 0 Å². The highest BCUT2D eigenvalue weighted by Crippen LogP contribution is 2.35. The quantitative estimate of drug-likeness (QED) is 0.568. The molecule has 1 saturated heterocycles. The van der Waals surface area contributed by atoms with E-state index < -0.39 is 10.0 Å². The van der Waals surface area contributed by atoms with Gasteiger partial charge in [0.2, 0.25) is 0 Å². The summed E-state index contributed by atoms with van der Waals surface area (Å²) in [6.45, 7) is 3.00. The van der Waals surface area contributed by atoms with Crippen molar-refractivity contribution in [3.8, 4) is 16.5 Å². The average molecular weight is 483 g/mol. The molecule has 12 heteroatoms. The molecule has 0 atom stereocenters. The first-order chi connectivity index (χ1) is 14.8. The van der Waals surface area contributed by atoms with Gasteiger partial charge < -0.3 is 14.1 Å². The summed E-state index contributed by atoms with van der Waals surface area (Å²) in [5.41, 5.74) is 0.221. The minimum atomic E-state index is -3.95. The molecule has 4 rings (SSSR count). The third kappa shape index (κ3) is 4.39. The number of ether oxygens (including phenoxy) is 1. The van der Waals surface area contributed by atoms with Crippen molar-refractivity contribution < 1.29 is 22.4 Å². The Morgan fingerprint density at radius 3 is 2.71 bits per heavy atom. The molecule has 1 fully saturated rings. The van der Waals surface area contributed by atoms with Crippen LogP contribution in [0.4, 0.5) is 5.69 Å². The number of likely N-dealkylation sites (tertiary alicyclic amines) is 1. The van der Waals surface area contributed by atoms with E-state index in [0.29, 0.717) is 33.6 Å². The molecule has 9 nitrogen and oxygen atoms in total. The molecule has 2 aromatic heterocycles. The molecule has 0 bridgehead atoms. The SMILES string of the molecule is COc1ccc(Cl)cc1NS(=O)(=O)c1cc(-c2nnc(C(=O)N3CCCC3)o2)sc1C. The molecule has 31 heavy (non-hydrogen) atoms. The highest BCUT2D eigenvalue weighted by molar-refractivity contribution is 7.93. The molecule has 1 N–H and O–H groups in total. The zero-order valence-electron chi connectivity index (χ0n) is 16.7. The maximum atomic E-state index is 13.0. The number of aromatic nitrogens is 2. The molecule has 164 valence electrons. The van der Waals surface area contributed by atoms with Gasteiger partial charge in [-0.3, -0.25) is 9.52 Å². The molecule has 1 aromatic carbocycles. The predicted octanol–water partition coefficient (Wildman–Crippen LogP) is 3.81. The molecular weight excluding hydrogens is 464 g/mol. The zero-order valence-corrected chi connectivity index (χ0v) is 19.1. The number of benzene rings is 1. The molecule has 1 aliphatic heterocycles. The Labute approximate surface area is 188 Å². The number of carbonyl (C=O) groups is 1. The number of carbonyl (C=O) groups excluding carboxylic acids is 1. The summed E-state index contributed by atoms with van der Waals surface area (Å²) >= 11 is 7.17. The Morgan fingerprint density at radius 1 is 1.26 bits per heavy atom. The second-order valence-corrected chi connectivity index (χ2v) is 10.2. The Kier molecular flexibility index (Phi) is 5.91. The van der Waals surface area contributed by atoms with Crippen LogP contribution >= 0.6 is 22.9 Å². The molecule has 1 aliphatic rings. The normalized spacial score (nSPS) is 14.1. The smallest absolute Gasteiger partial charge is 0.311 e. The molecule has 0 radical (unpaired) electrons. The summed E-state index contributed by atoms with van der Waals surface area (Å²) in [7, 11) is -2.51. The summed E-state index contributed by atoms with van der Waals surface area (Å²) in [6, 6.07) is 6.08. The molecule has 0 spiro atoms. The van der Waals surface area contributed by atoms with Crippen molar-refractivity contribution in [1.82, 2.24) is 15.1 Å². The molecular formula is C19H19ClN4O5S2. The first kappa shape index (κ1) is 21.6. The van der Waals surface area contributed by atoms with E-state index in [2.05, 4.69) is 14.9 Å². The van der Waals surface area contributed by atoms with Crippen LogP contribution < -0.4 is 9.46 Å². The number of methoxy groups -OCH3 is 1. The fourth-order valence-corrected chi connectivity index (χ4v) is 6.01. The maximum absolute atomic E-state index is 13.0. The lowest BCUT2D eigenvalue weighted by Gasteiger charge is -2.12. The largest absolute Gasteiger partial charge is 0.495 e. The van der Waals surface area contributed by atoms with E-state index in [4.69, 9.17) is 20.8 Å². The number of thiophene rings is 1. The van der Waals surface area contributed by atoms with Crippen LogP contribution in [0.3, 0.4) is 0 Å². The molecule has 3 heterocycles. The first-order valence-electron chi connectivity index (χ1n) is 9.38. The van der Waals surface area contributed by atoms with E-state index in [1.807, 2.05) is 0 Å². The van der Waals surface area contributed by atoms with E-state index in [1.165, 1.54) is 30.6 Å². The Bertz CT molecular complexity index is 1230. The van der Waals surface area contributed by atoms with Crippen LogP contribution in [0.25, 0.3) is 10.8 Å². The number of amides is 1. The number of hydrogen-bond acceptors (Lipinski definition) is 8. The molecule has 1 amide bonds. The van der Waals surface area contributed by atoms with Gasteiger partial charge in [-0.25, -0.2) is 8.42 Å². The molecule has 3 aromatic rings. The Balaban J connectivity index is 1.60. The minimum absolute atomic E-state index is 0.0557. The number of sulfonamides is 1. The van der Waals surface area contributed by atoms with Crippen molar-refractivity contribution >= 4 is 44.6 Å². The molecule has 0 unspecified atom stereocenters. The Morgan fingerprint density at radius 2 is 2.00 bits per heavy atom. The van der Waals surface area contributed by atoms with Crippen molar-refractivity contribution in [2.45, 2.75) is 24.7 Å². The van der Waals surface area contributed by atoms with Crippen LogP contribution in [-0.2, 0) is 10.0 Å². The van der Waals surface area contributed by atoms with Gasteiger partial charge in [-0.2, -0.15) is 0 Å². The number of nitrogens with one attached hydrogen (secondary N) is 1. The van der Waals surface area contributed by atoms with E-state index in [0.717, 1.165) is 12.8 Å². The maximum Gasteiger partial charge on any atom is 0.311 e. The minimum Gasteiger partial charge on any atom is -0.495 e. The van der Waals surface area contributed by atoms with Crippen LogP contribution in [0.1, 0.15) is 28.4 Å². The van der Waals surface area contributed by atoms with Crippen LogP contribution in [-0.4, -0.2) is 49.6 Å². The van der Waals surface area contributed by atoms with E-state index in [-0.39, 0.29) is 28.3 Å². The summed E-state index contributed by atoms with van der Waals surface area (Å²) < 4.78 is 39.3. The second-order valence-electron chi connectivity index (χ2n) is 6.89. The van der Waals surface area contributed by atoms with Gasteiger partial charge in [0.1, 0.15) is 10.6 Å². The monoisotopic (exact) mass is 482 g/mol. The molecule has 0 saturated carbocycles. The lowest BCUT2D eigenvalue weighted by atomic mass is 10.3. The van der Waals surface area contributed by atoms with Gasteiger partial charge in [-0.05, 0) is 44.0 Å². The third-order valence-electron chi connectivity index (χ3n) is 4.78. The van der Waals surface area contributed by atoms with Gasteiger partial charge in [0.15, 0.2) is 0 Å². The summed E-state index contributed by atoms with van der Waals surface area (Å²) in [6.07, 6.45) is 1.89. The lowest BCUT2D eigenvalue weighted by Crippen LogP contribution is -2.27. The van der Waals surface area contributed by atoms with Crippen molar-refractivity contribution in [2.24, 2.45) is 0 Å². The summed E-state index contributed by atoms with van der Waals surface area (Å²) in [4.78, 5) is 15.1. The zero-order chi connectivity index (χ0) is 22.2. The number of hydrogen-bond donors (Lipinski definition) is 1. The summed E-state index contributed by atoms with van der Waals surface area (Å²) in [5.74, 6) is 0.0155. The predicted molar refractivity (Wildman–Crippen MR) is 116 cm³/mol. The fourth-order valence-electron chi connectivity index (χ4n) is 3.26. The van der Waals surface area contributed by atoms with Gasteiger partial charge in [-0.1, -0.05) is 11.6 Å². The fraction of sp³-hybridized carbons (Fsp3) is 0.316. The van der Waals surface area contributed by atoms with Gasteiger partial charge in [-0.15, -0.1) is 21.5 Å². The van der Waals surface area contributed by atoms with Gasteiger partial charge in [0.25, 0.3) is 15.9 Å². The van der Waals surface area contributed by atoms with Crippen molar-refractivity contribution in [1.29, 1.82) is 0 Å². The number of halogens is 1. The van der Waals surface area contributed by atoms with E-state index in [9.17, 15) is 13.2 Å². The van der Waals surface area contributed by atoms with Crippen LogP contribution in [0.2, 0.25) is 5.02 Å². The number of rotatable bonds is 6. The highest BCUT2D eigenvalue weighted by atomic mass is 35.5. The first-order valence-corrected chi connectivity index (χ1v) is 12.1. The van der Waals surface area contributed by atoms with Gasteiger partial charge >= 0.3 is 11.8 Å². The third-order valence-corrected chi connectivity index (χ3v) is 7.67. The average Bonchev–Trinajstić information content (AvgIpc) is 3.48. The number of aryl methyl sites for hydroxylation is 1. The van der Waals surface area contributed by atoms with Crippen LogP contribution in [0.15, 0.2) is 33.6 Å². The Hall–Kier alpha value is -2.63. The van der Waals surface area contributed by atoms with Crippen molar-refractivity contribution in [2.75, 3.05) is 24.9 Å². The highest BCUT2D eigenvalue weighted by Gasteiger charge is 2.27. The second kappa shape index (κ2) is 8.48. The topological polar surface area (TPSA) is 115 Å². The standard InChI is InChI=1S/C19H19ClN4O5S2/c1-11-16(31(26,27)23-13-9-12(20)5-6-14(13)28-2)10-15(30-11)17-21-22-18(29-17)19(25)24-7-3-4-8-24/h5-6,9-10,23H,3-4,7-8H2,1-2H3. The summed E-state index contributed by atoms with van der Waals surface area (Å²) in [5, 5.41) is 8.14. The number of nitrogens with zero attached hydrogens (tertiary/aromatic N) is 3. The van der Waals surface area contributed by atoms with Crippen molar-refractivity contribution in [3.63, 3.8) is 0 Å². The van der Waals surface area contributed by atoms with Gasteiger partial charge in [0.05, 0.1) is 17.7 Å². The van der Waals surface area contributed by atoms with E-state index in [1.54, 1.807) is 24.0 Å². The van der Waals surface area contributed by atoms with Crippen molar-refractivity contribution in [3.05, 3.63) is 40.1 Å². The molecule has 0 aliphatic carbocycles.